The molecule has 0 fully saturated rings. The molecule has 2 heterocycles. The van der Waals surface area contributed by atoms with E-state index in [1.807, 2.05) is 23.7 Å². The largest absolute Gasteiger partial charge is 0.349 e. The lowest BCUT2D eigenvalue weighted by atomic mass is 10.2. The highest BCUT2D eigenvalue weighted by Crippen LogP contribution is 2.18. The van der Waals surface area contributed by atoms with Crippen molar-refractivity contribution < 1.29 is 13.2 Å². The molecule has 2 N–H and O–H groups in total. The fourth-order valence-corrected chi connectivity index (χ4v) is 3.75. The number of sulfonamides is 1. The van der Waals surface area contributed by atoms with Gasteiger partial charge in [0.25, 0.3) is 0 Å². The van der Waals surface area contributed by atoms with Crippen LogP contribution in [0.5, 0.6) is 0 Å². The summed E-state index contributed by atoms with van der Waals surface area (Å²) in [5, 5.41) is 10.5. The molecular formula is C17H24ClN5O3S. The van der Waals surface area contributed by atoms with Gasteiger partial charge in [-0.3, -0.25) is 13.8 Å². The minimum absolute atomic E-state index is 0. The van der Waals surface area contributed by atoms with Crippen molar-refractivity contribution in [2.24, 2.45) is 0 Å². The van der Waals surface area contributed by atoms with Crippen LogP contribution < -0.4 is 14.9 Å². The molecule has 0 unspecified atom stereocenters. The second-order valence-electron chi connectivity index (χ2n) is 6.41. The van der Waals surface area contributed by atoms with Crippen LogP contribution in [0.2, 0.25) is 0 Å². The zero-order valence-corrected chi connectivity index (χ0v) is 16.9. The number of nitrogens with zero attached hydrogens (tertiary/aromatic N) is 3. The number of rotatable bonds is 6. The van der Waals surface area contributed by atoms with Crippen molar-refractivity contribution in [1.82, 2.24) is 20.4 Å². The Labute approximate surface area is 165 Å². The highest BCUT2D eigenvalue weighted by molar-refractivity contribution is 7.92. The third-order valence-electron chi connectivity index (χ3n) is 4.16. The van der Waals surface area contributed by atoms with E-state index in [4.69, 9.17) is 0 Å². The van der Waals surface area contributed by atoms with Crippen LogP contribution in [0, 0.1) is 6.92 Å². The summed E-state index contributed by atoms with van der Waals surface area (Å²) < 4.78 is 27.3. The maximum atomic E-state index is 12.3. The first-order valence-electron chi connectivity index (χ1n) is 8.40. The summed E-state index contributed by atoms with van der Waals surface area (Å²) in [6.45, 7) is 4.32. The van der Waals surface area contributed by atoms with Crippen molar-refractivity contribution in [1.29, 1.82) is 0 Å². The number of nitrogens with one attached hydrogen (secondary N) is 2. The van der Waals surface area contributed by atoms with Crippen molar-refractivity contribution in [2.45, 2.75) is 26.6 Å². The summed E-state index contributed by atoms with van der Waals surface area (Å²) in [6, 6.07) is 9.01. The predicted octanol–water partition coefficient (Wildman–Crippen LogP) is 0.799. The number of amides is 1. The van der Waals surface area contributed by atoms with Crippen molar-refractivity contribution in [3.63, 3.8) is 0 Å². The Bertz CT molecular complexity index is 890. The molecular weight excluding hydrogens is 390 g/mol. The number of hydrogen-bond donors (Lipinski definition) is 2. The SMILES string of the molecule is Cc1cccc(N(CC(=O)NCc2cc3n(n2)CCNC3)S(C)(=O)=O)c1.Cl. The predicted molar refractivity (Wildman–Crippen MR) is 106 cm³/mol. The molecule has 148 valence electrons. The van der Waals surface area contributed by atoms with Crippen LogP contribution >= 0.6 is 12.4 Å². The van der Waals surface area contributed by atoms with Gasteiger partial charge in [0.05, 0.1) is 36.4 Å². The van der Waals surface area contributed by atoms with Gasteiger partial charge >= 0.3 is 0 Å². The highest BCUT2D eigenvalue weighted by Gasteiger charge is 2.21. The molecule has 3 rings (SSSR count). The molecule has 1 amide bonds. The van der Waals surface area contributed by atoms with E-state index in [2.05, 4.69) is 15.7 Å². The number of carbonyl (C=O) groups is 1. The van der Waals surface area contributed by atoms with E-state index >= 15 is 0 Å². The molecule has 0 aliphatic carbocycles. The van der Waals surface area contributed by atoms with E-state index < -0.39 is 10.0 Å². The summed E-state index contributed by atoms with van der Waals surface area (Å²) in [5.74, 6) is -0.374. The molecule has 0 saturated heterocycles. The highest BCUT2D eigenvalue weighted by atomic mass is 35.5. The Morgan fingerprint density at radius 1 is 1.37 bits per heavy atom. The third kappa shape index (κ3) is 5.44. The van der Waals surface area contributed by atoms with Crippen molar-refractivity contribution in [3.05, 3.63) is 47.3 Å². The van der Waals surface area contributed by atoms with Crippen LogP contribution in [-0.4, -0.2) is 43.5 Å². The molecule has 0 bridgehead atoms. The van der Waals surface area contributed by atoms with E-state index in [1.165, 1.54) is 0 Å². The molecule has 1 aromatic carbocycles. The second-order valence-corrected chi connectivity index (χ2v) is 8.32. The number of benzene rings is 1. The van der Waals surface area contributed by atoms with Crippen LogP contribution in [0.1, 0.15) is 17.0 Å². The minimum Gasteiger partial charge on any atom is -0.349 e. The summed E-state index contributed by atoms with van der Waals surface area (Å²) in [7, 11) is -3.57. The van der Waals surface area contributed by atoms with Crippen molar-refractivity contribution in [2.75, 3.05) is 23.7 Å². The van der Waals surface area contributed by atoms with E-state index in [0.717, 1.165) is 47.1 Å². The van der Waals surface area contributed by atoms with E-state index in [-0.39, 0.29) is 31.4 Å². The molecule has 0 radical (unpaired) electrons. The normalized spacial score (nSPS) is 13.4. The average molecular weight is 414 g/mol. The second kappa shape index (κ2) is 8.73. The number of carbonyl (C=O) groups excluding carboxylic acids is 1. The number of aromatic nitrogens is 2. The zero-order valence-electron chi connectivity index (χ0n) is 15.3. The van der Waals surface area contributed by atoms with Crippen LogP contribution in [0.15, 0.2) is 30.3 Å². The lowest BCUT2D eigenvalue weighted by Gasteiger charge is -2.22. The Morgan fingerprint density at radius 2 is 2.15 bits per heavy atom. The first kappa shape index (κ1) is 21.2. The van der Waals surface area contributed by atoms with E-state index in [0.29, 0.717) is 5.69 Å². The molecule has 1 aliphatic heterocycles. The Hall–Kier alpha value is -2.10. The standard InChI is InChI=1S/C17H23N5O3S.ClH/c1-13-4-3-5-15(8-13)22(26(2,24)25)12-17(23)19-10-14-9-16-11-18-6-7-21(16)20-14;/h3-5,8-9,18H,6-7,10-12H2,1-2H3,(H,19,23);1H. The zero-order chi connectivity index (χ0) is 18.7. The summed E-state index contributed by atoms with van der Waals surface area (Å²) in [6.07, 6.45) is 1.10. The maximum Gasteiger partial charge on any atom is 0.241 e. The first-order valence-corrected chi connectivity index (χ1v) is 10.2. The molecule has 27 heavy (non-hydrogen) atoms. The van der Waals surface area contributed by atoms with E-state index in [9.17, 15) is 13.2 Å². The van der Waals surface area contributed by atoms with Crippen LogP contribution in [0.4, 0.5) is 5.69 Å². The topological polar surface area (TPSA) is 96.3 Å². The smallest absolute Gasteiger partial charge is 0.241 e. The van der Waals surface area contributed by atoms with Gasteiger partial charge in [-0.1, -0.05) is 12.1 Å². The van der Waals surface area contributed by atoms with Gasteiger partial charge in [-0.05, 0) is 30.7 Å². The molecule has 0 spiro atoms. The summed E-state index contributed by atoms with van der Waals surface area (Å²) >= 11 is 0. The number of fused-ring (bicyclic) bond motifs is 1. The van der Waals surface area contributed by atoms with Gasteiger partial charge in [0.2, 0.25) is 15.9 Å². The molecule has 0 atom stereocenters. The van der Waals surface area contributed by atoms with Gasteiger partial charge < -0.3 is 10.6 Å². The van der Waals surface area contributed by atoms with Gasteiger partial charge in [-0.15, -0.1) is 12.4 Å². The number of anilines is 1. The van der Waals surface area contributed by atoms with Gasteiger partial charge in [-0.25, -0.2) is 8.42 Å². The van der Waals surface area contributed by atoms with Gasteiger partial charge in [-0.2, -0.15) is 5.10 Å². The van der Waals surface area contributed by atoms with Crippen molar-refractivity contribution in [3.8, 4) is 0 Å². The number of hydrogen-bond acceptors (Lipinski definition) is 5. The fraction of sp³-hybridized carbons (Fsp3) is 0.412. The molecule has 2 aromatic rings. The average Bonchev–Trinajstić information content (AvgIpc) is 3.00. The van der Waals surface area contributed by atoms with Crippen LogP contribution in [0.25, 0.3) is 0 Å². The van der Waals surface area contributed by atoms with E-state index in [1.54, 1.807) is 18.2 Å². The molecule has 10 heteroatoms. The van der Waals surface area contributed by atoms with Crippen LogP contribution in [0.3, 0.4) is 0 Å². The molecule has 8 nitrogen and oxygen atoms in total. The lowest BCUT2D eigenvalue weighted by Crippen LogP contribution is -2.40. The maximum absolute atomic E-state index is 12.3. The quantitative estimate of drug-likeness (QED) is 0.730. The number of halogens is 1. The Kier molecular flexibility index (Phi) is 6.85. The summed E-state index contributed by atoms with van der Waals surface area (Å²) in [4.78, 5) is 12.3. The van der Waals surface area contributed by atoms with Gasteiger partial charge in [0, 0.05) is 13.1 Å². The monoisotopic (exact) mass is 413 g/mol. The third-order valence-corrected chi connectivity index (χ3v) is 5.30. The van der Waals surface area contributed by atoms with Crippen molar-refractivity contribution >= 4 is 34.0 Å². The fourth-order valence-electron chi connectivity index (χ4n) is 2.90. The molecule has 1 aromatic heterocycles. The Balaban J connectivity index is 0.00000261. The van der Waals surface area contributed by atoms with Gasteiger partial charge in [0.1, 0.15) is 6.54 Å². The first-order chi connectivity index (χ1) is 12.3. The van der Waals surface area contributed by atoms with Crippen LogP contribution in [-0.2, 0) is 34.5 Å². The lowest BCUT2D eigenvalue weighted by molar-refractivity contribution is -0.119. The van der Waals surface area contributed by atoms with Gasteiger partial charge in [0.15, 0.2) is 0 Å². The number of aryl methyl sites for hydroxylation is 1. The Morgan fingerprint density at radius 3 is 2.81 bits per heavy atom. The minimum atomic E-state index is -3.57. The molecule has 0 saturated carbocycles. The summed E-state index contributed by atoms with van der Waals surface area (Å²) in [5.41, 5.74) is 3.25. The molecule has 1 aliphatic rings.